The van der Waals surface area contributed by atoms with Crippen LogP contribution in [0.1, 0.15) is 5.69 Å². The minimum absolute atomic E-state index is 0.267. The summed E-state index contributed by atoms with van der Waals surface area (Å²) in [5.74, 6) is -0.267. The molecule has 0 aliphatic carbocycles. The van der Waals surface area contributed by atoms with E-state index in [4.69, 9.17) is 0 Å². The van der Waals surface area contributed by atoms with Crippen molar-refractivity contribution < 1.29 is 4.39 Å². The Morgan fingerprint density at radius 1 is 1.43 bits per heavy atom. The van der Waals surface area contributed by atoms with Gasteiger partial charge in [-0.1, -0.05) is 15.9 Å². The molecule has 14 heavy (non-hydrogen) atoms. The maximum Gasteiger partial charge on any atom is 0.148 e. The van der Waals surface area contributed by atoms with Gasteiger partial charge in [-0.05, 0) is 25.1 Å². The topological polar surface area (TPSA) is 17.8 Å². The molecule has 0 atom stereocenters. The molecule has 0 saturated heterocycles. The van der Waals surface area contributed by atoms with E-state index >= 15 is 0 Å². The van der Waals surface area contributed by atoms with E-state index in [1.54, 1.807) is 29.2 Å². The molecule has 72 valence electrons. The van der Waals surface area contributed by atoms with Crippen molar-refractivity contribution in [1.29, 1.82) is 0 Å². The highest BCUT2D eigenvalue weighted by molar-refractivity contribution is 9.10. The van der Waals surface area contributed by atoms with E-state index in [1.807, 2.05) is 6.92 Å². The number of hydrogen-bond donors (Lipinski definition) is 0. The van der Waals surface area contributed by atoms with Crippen LogP contribution in [0.25, 0.3) is 5.69 Å². The summed E-state index contributed by atoms with van der Waals surface area (Å²) in [4.78, 5) is 4.04. The van der Waals surface area contributed by atoms with Gasteiger partial charge >= 0.3 is 0 Å². The van der Waals surface area contributed by atoms with Crippen LogP contribution in [0.5, 0.6) is 0 Å². The monoisotopic (exact) mass is 254 g/mol. The SMILES string of the molecule is Cc1cn(-c2ccc(Br)cc2F)cn1. The Kier molecular flexibility index (Phi) is 2.37. The highest BCUT2D eigenvalue weighted by Gasteiger charge is 2.04. The molecular weight excluding hydrogens is 247 g/mol. The van der Waals surface area contributed by atoms with Crippen LogP contribution in [-0.4, -0.2) is 9.55 Å². The molecule has 1 aromatic heterocycles. The predicted molar refractivity (Wildman–Crippen MR) is 56.0 cm³/mol. The summed E-state index contributed by atoms with van der Waals surface area (Å²) in [5, 5.41) is 0. The molecule has 4 heteroatoms. The molecule has 0 radical (unpaired) electrons. The lowest BCUT2D eigenvalue weighted by Crippen LogP contribution is -1.93. The smallest absolute Gasteiger partial charge is 0.148 e. The fraction of sp³-hybridized carbons (Fsp3) is 0.100. The molecule has 2 rings (SSSR count). The summed E-state index contributed by atoms with van der Waals surface area (Å²) in [6.07, 6.45) is 3.38. The number of nitrogens with zero attached hydrogens (tertiary/aromatic N) is 2. The van der Waals surface area contributed by atoms with Crippen LogP contribution in [0, 0.1) is 12.7 Å². The van der Waals surface area contributed by atoms with E-state index < -0.39 is 0 Å². The van der Waals surface area contributed by atoms with Crippen molar-refractivity contribution in [2.45, 2.75) is 6.92 Å². The number of benzene rings is 1. The minimum Gasteiger partial charge on any atom is -0.303 e. The predicted octanol–water partition coefficient (Wildman–Crippen LogP) is 3.08. The van der Waals surface area contributed by atoms with Gasteiger partial charge in [0.1, 0.15) is 5.82 Å². The number of rotatable bonds is 1. The van der Waals surface area contributed by atoms with E-state index in [2.05, 4.69) is 20.9 Å². The summed E-state index contributed by atoms with van der Waals surface area (Å²) in [7, 11) is 0. The Balaban J connectivity index is 2.52. The molecule has 0 unspecified atom stereocenters. The van der Waals surface area contributed by atoms with Gasteiger partial charge in [-0.15, -0.1) is 0 Å². The highest BCUT2D eigenvalue weighted by atomic mass is 79.9. The van der Waals surface area contributed by atoms with E-state index in [0.29, 0.717) is 5.69 Å². The van der Waals surface area contributed by atoms with Crippen molar-refractivity contribution in [2.75, 3.05) is 0 Å². The summed E-state index contributed by atoms with van der Waals surface area (Å²) in [6.45, 7) is 1.87. The zero-order valence-electron chi connectivity index (χ0n) is 7.54. The van der Waals surface area contributed by atoms with Crippen molar-refractivity contribution >= 4 is 15.9 Å². The number of hydrogen-bond acceptors (Lipinski definition) is 1. The Morgan fingerprint density at radius 3 is 2.79 bits per heavy atom. The Labute approximate surface area is 89.5 Å². The molecule has 2 nitrogen and oxygen atoms in total. The molecule has 1 heterocycles. The second-order valence-electron chi connectivity index (χ2n) is 3.02. The molecule has 1 aromatic carbocycles. The van der Waals surface area contributed by atoms with Crippen LogP contribution in [0.2, 0.25) is 0 Å². The lowest BCUT2D eigenvalue weighted by atomic mass is 10.3. The molecule has 0 aliphatic rings. The van der Waals surface area contributed by atoms with Gasteiger partial charge in [0.05, 0.1) is 17.7 Å². The van der Waals surface area contributed by atoms with E-state index in [9.17, 15) is 4.39 Å². The van der Waals surface area contributed by atoms with Crippen molar-refractivity contribution in [2.24, 2.45) is 0 Å². The van der Waals surface area contributed by atoms with E-state index in [1.165, 1.54) is 6.07 Å². The maximum absolute atomic E-state index is 13.5. The van der Waals surface area contributed by atoms with E-state index in [0.717, 1.165) is 10.2 Å². The van der Waals surface area contributed by atoms with Gasteiger partial charge in [-0.3, -0.25) is 0 Å². The molecule has 0 spiro atoms. The van der Waals surface area contributed by atoms with Gasteiger partial charge in [-0.25, -0.2) is 9.37 Å². The summed E-state index contributed by atoms with van der Waals surface area (Å²) in [5.41, 5.74) is 1.38. The normalized spacial score (nSPS) is 10.5. The number of imidazole rings is 1. The first-order chi connectivity index (χ1) is 6.66. The highest BCUT2D eigenvalue weighted by Crippen LogP contribution is 2.18. The molecule has 2 aromatic rings. The summed E-state index contributed by atoms with van der Waals surface area (Å²) >= 11 is 3.21. The minimum atomic E-state index is -0.267. The van der Waals surface area contributed by atoms with Gasteiger partial charge in [0.25, 0.3) is 0 Å². The Hall–Kier alpha value is -1.16. The van der Waals surface area contributed by atoms with Gasteiger partial charge in [-0.2, -0.15) is 0 Å². The fourth-order valence-corrected chi connectivity index (χ4v) is 1.58. The summed E-state index contributed by atoms with van der Waals surface area (Å²) in [6, 6.07) is 4.94. The van der Waals surface area contributed by atoms with Gasteiger partial charge in [0, 0.05) is 10.7 Å². The van der Waals surface area contributed by atoms with Crippen molar-refractivity contribution in [1.82, 2.24) is 9.55 Å². The molecule has 0 N–H and O–H groups in total. The maximum atomic E-state index is 13.5. The zero-order chi connectivity index (χ0) is 10.1. The lowest BCUT2D eigenvalue weighted by Gasteiger charge is -2.03. The third-order valence-corrected chi connectivity index (χ3v) is 2.39. The van der Waals surface area contributed by atoms with Gasteiger partial charge < -0.3 is 4.57 Å². The van der Waals surface area contributed by atoms with Crippen LogP contribution in [0.4, 0.5) is 4.39 Å². The number of aryl methyl sites for hydroxylation is 1. The van der Waals surface area contributed by atoms with Crippen LogP contribution in [0.15, 0.2) is 35.2 Å². The standard InChI is InChI=1S/C10H8BrFN2/c1-7-5-14(6-13-7)10-3-2-8(11)4-9(10)12/h2-6H,1H3. The summed E-state index contributed by atoms with van der Waals surface area (Å²) < 4.78 is 15.9. The quantitative estimate of drug-likeness (QED) is 0.765. The number of halogens is 2. The third-order valence-electron chi connectivity index (χ3n) is 1.90. The largest absolute Gasteiger partial charge is 0.303 e. The first-order valence-electron chi connectivity index (χ1n) is 4.13. The van der Waals surface area contributed by atoms with Crippen LogP contribution < -0.4 is 0 Å². The molecular formula is C10H8BrFN2. The molecule has 0 bridgehead atoms. The van der Waals surface area contributed by atoms with Gasteiger partial charge in [0.2, 0.25) is 0 Å². The number of aromatic nitrogens is 2. The van der Waals surface area contributed by atoms with Gasteiger partial charge in [0.15, 0.2) is 0 Å². The molecule has 0 fully saturated rings. The van der Waals surface area contributed by atoms with Crippen molar-refractivity contribution in [3.05, 3.63) is 46.7 Å². The Bertz CT molecular complexity index is 465. The lowest BCUT2D eigenvalue weighted by molar-refractivity contribution is 0.617. The van der Waals surface area contributed by atoms with Crippen LogP contribution in [-0.2, 0) is 0 Å². The average molecular weight is 255 g/mol. The van der Waals surface area contributed by atoms with Crippen molar-refractivity contribution in [3.8, 4) is 5.69 Å². The first kappa shape index (κ1) is 9.40. The second kappa shape index (κ2) is 3.53. The second-order valence-corrected chi connectivity index (χ2v) is 3.93. The fourth-order valence-electron chi connectivity index (χ4n) is 1.24. The van der Waals surface area contributed by atoms with Crippen LogP contribution in [0.3, 0.4) is 0 Å². The van der Waals surface area contributed by atoms with E-state index in [-0.39, 0.29) is 5.82 Å². The molecule has 0 amide bonds. The molecule has 0 aliphatic heterocycles. The Morgan fingerprint density at radius 2 is 2.21 bits per heavy atom. The molecule has 0 saturated carbocycles. The van der Waals surface area contributed by atoms with Crippen molar-refractivity contribution in [3.63, 3.8) is 0 Å². The third kappa shape index (κ3) is 1.70. The van der Waals surface area contributed by atoms with Crippen LogP contribution >= 0.6 is 15.9 Å². The zero-order valence-corrected chi connectivity index (χ0v) is 9.12. The average Bonchev–Trinajstić information content (AvgIpc) is 2.51. The first-order valence-corrected chi connectivity index (χ1v) is 4.92.